The van der Waals surface area contributed by atoms with E-state index in [1.807, 2.05) is 0 Å². The van der Waals surface area contributed by atoms with Gasteiger partial charge in [-0.25, -0.2) is 9.67 Å². The second-order valence-electron chi connectivity index (χ2n) is 5.23. The van der Waals surface area contributed by atoms with Gasteiger partial charge in [0.25, 0.3) is 0 Å². The fourth-order valence-electron chi connectivity index (χ4n) is 2.19. The van der Waals surface area contributed by atoms with Gasteiger partial charge in [-0.1, -0.05) is 23.2 Å². The third-order valence-corrected chi connectivity index (χ3v) is 4.89. The van der Waals surface area contributed by atoms with Crippen LogP contribution in [0.3, 0.4) is 0 Å². The van der Waals surface area contributed by atoms with E-state index in [2.05, 4.69) is 10.1 Å². The first kappa shape index (κ1) is 17.1. The van der Waals surface area contributed by atoms with Crippen LogP contribution in [0.2, 0.25) is 10.0 Å². The topological polar surface area (TPSA) is 30.7 Å². The SMILES string of the molecule is Cc1nc(C2CC2(Cl)Cl)nn1-c1c(Cl)cc(C(F)(F)F)cc1Cl. The molecule has 0 radical (unpaired) electrons. The molecule has 1 unspecified atom stereocenters. The Morgan fingerprint density at radius 1 is 1.22 bits per heavy atom. The molecule has 0 spiro atoms. The van der Waals surface area contributed by atoms with E-state index in [1.54, 1.807) is 6.92 Å². The maximum absolute atomic E-state index is 12.8. The Morgan fingerprint density at radius 2 is 1.74 bits per heavy atom. The number of hydrogen-bond acceptors (Lipinski definition) is 2. The van der Waals surface area contributed by atoms with Crippen molar-refractivity contribution in [3.8, 4) is 5.69 Å². The maximum Gasteiger partial charge on any atom is 0.416 e. The lowest BCUT2D eigenvalue weighted by atomic mass is 10.2. The Labute approximate surface area is 149 Å². The third kappa shape index (κ3) is 3.14. The summed E-state index contributed by atoms with van der Waals surface area (Å²) >= 11 is 23.9. The van der Waals surface area contributed by atoms with Crippen molar-refractivity contribution in [1.29, 1.82) is 0 Å². The van der Waals surface area contributed by atoms with Crippen molar-refractivity contribution in [2.75, 3.05) is 0 Å². The molecule has 124 valence electrons. The number of hydrogen-bond donors (Lipinski definition) is 0. The Kier molecular flexibility index (Phi) is 4.03. The molecule has 1 aromatic carbocycles. The van der Waals surface area contributed by atoms with E-state index in [4.69, 9.17) is 46.4 Å². The van der Waals surface area contributed by atoms with Crippen LogP contribution in [-0.4, -0.2) is 19.1 Å². The lowest BCUT2D eigenvalue weighted by molar-refractivity contribution is -0.137. The molecule has 1 fully saturated rings. The summed E-state index contributed by atoms with van der Waals surface area (Å²) in [6.45, 7) is 1.63. The summed E-state index contributed by atoms with van der Waals surface area (Å²) in [5.74, 6) is 0.594. The van der Waals surface area contributed by atoms with Gasteiger partial charge in [0.05, 0.1) is 21.5 Å². The van der Waals surface area contributed by atoms with Crippen LogP contribution in [0.5, 0.6) is 0 Å². The van der Waals surface area contributed by atoms with E-state index >= 15 is 0 Å². The summed E-state index contributed by atoms with van der Waals surface area (Å²) in [6, 6.07) is 1.60. The van der Waals surface area contributed by atoms with E-state index in [-0.39, 0.29) is 21.7 Å². The van der Waals surface area contributed by atoms with Gasteiger partial charge >= 0.3 is 6.18 Å². The van der Waals surface area contributed by atoms with Gasteiger partial charge in [-0.2, -0.15) is 18.3 Å². The molecule has 0 N–H and O–H groups in total. The number of halogens is 7. The van der Waals surface area contributed by atoms with Crippen molar-refractivity contribution in [1.82, 2.24) is 14.8 Å². The van der Waals surface area contributed by atoms with Crippen LogP contribution < -0.4 is 0 Å². The summed E-state index contributed by atoms with van der Waals surface area (Å²) < 4.78 is 38.7. The Bertz CT molecular complexity index is 762. The smallest absolute Gasteiger partial charge is 0.216 e. The summed E-state index contributed by atoms with van der Waals surface area (Å²) in [5.41, 5.74) is -0.801. The minimum atomic E-state index is -4.54. The molecule has 3 nitrogen and oxygen atoms in total. The van der Waals surface area contributed by atoms with Crippen LogP contribution in [0, 0.1) is 6.92 Å². The lowest BCUT2D eigenvalue weighted by Crippen LogP contribution is -2.08. The zero-order valence-electron chi connectivity index (χ0n) is 11.4. The molecule has 0 saturated heterocycles. The van der Waals surface area contributed by atoms with Gasteiger partial charge in [-0.15, -0.1) is 23.2 Å². The van der Waals surface area contributed by atoms with Crippen molar-refractivity contribution >= 4 is 46.4 Å². The number of benzene rings is 1. The molecule has 3 rings (SSSR count). The molecule has 1 atom stereocenters. The van der Waals surface area contributed by atoms with Crippen LogP contribution in [0.15, 0.2) is 12.1 Å². The molecule has 1 aliphatic carbocycles. The average Bonchev–Trinajstić information content (AvgIpc) is 2.86. The zero-order chi connectivity index (χ0) is 17.2. The molecule has 1 aromatic heterocycles. The zero-order valence-corrected chi connectivity index (χ0v) is 14.5. The predicted molar refractivity (Wildman–Crippen MR) is 82.9 cm³/mol. The van der Waals surface area contributed by atoms with Gasteiger partial charge < -0.3 is 0 Å². The van der Waals surface area contributed by atoms with E-state index in [0.717, 1.165) is 12.1 Å². The second-order valence-corrected chi connectivity index (χ2v) is 7.59. The molecule has 10 heteroatoms. The van der Waals surface area contributed by atoms with Crippen molar-refractivity contribution in [3.63, 3.8) is 0 Å². The normalized spacial score (nSPS) is 19.9. The summed E-state index contributed by atoms with van der Waals surface area (Å²) in [7, 11) is 0. The first-order chi connectivity index (χ1) is 10.5. The number of aryl methyl sites for hydroxylation is 1. The number of alkyl halides is 5. The minimum Gasteiger partial charge on any atom is -0.216 e. The van der Waals surface area contributed by atoms with Gasteiger partial charge in [0.2, 0.25) is 0 Å². The Hall–Kier alpha value is -0.690. The van der Waals surface area contributed by atoms with E-state index < -0.39 is 16.1 Å². The number of nitrogens with zero attached hydrogens (tertiary/aromatic N) is 3. The molecule has 0 aliphatic heterocycles. The molecule has 0 bridgehead atoms. The maximum atomic E-state index is 12.8. The van der Waals surface area contributed by atoms with Crippen LogP contribution >= 0.6 is 46.4 Å². The lowest BCUT2D eigenvalue weighted by Gasteiger charge is -2.12. The summed E-state index contributed by atoms with van der Waals surface area (Å²) in [6.07, 6.45) is -4.03. The van der Waals surface area contributed by atoms with Gasteiger partial charge in [0.15, 0.2) is 5.82 Å². The highest BCUT2D eigenvalue weighted by Crippen LogP contribution is 2.58. The third-order valence-electron chi connectivity index (χ3n) is 3.48. The van der Waals surface area contributed by atoms with Gasteiger partial charge in [-0.3, -0.25) is 0 Å². The monoisotopic (exact) mass is 403 g/mol. The molecular weight excluding hydrogens is 397 g/mol. The standard InChI is InChI=1S/C13H8Cl4F3N3/c1-5-21-11(7-4-12(7,16)17)22-23(5)10-8(14)2-6(3-9(10)15)13(18,19)20/h2-3,7H,4H2,1H3. The number of rotatable bonds is 2. The fraction of sp³-hybridized carbons (Fsp3) is 0.385. The van der Waals surface area contributed by atoms with Crippen molar-refractivity contribution in [2.45, 2.75) is 29.8 Å². The van der Waals surface area contributed by atoms with Crippen LogP contribution in [-0.2, 0) is 6.18 Å². The highest BCUT2D eigenvalue weighted by molar-refractivity contribution is 6.51. The van der Waals surface area contributed by atoms with Crippen LogP contribution in [0.25, 0.3) is 5.69 Å². The molecule has 2 aromatic rings. The highest BCUT2D eigenvalue weighted by atomic mass is 35.5. The van der Waals surface area contributed by atoms with Crippen molar-refractivity contribution < 1.29 is 13.2 Å². The molecule has 1 saturated carbocycles. The van der Waals surface area contributed by atoms with E-state index in [1.165, 1.54) is 4.68 Å². The van der Waals surface area contributed by atoms with Gasteiger partial charge in [0.1, 0.15) is 15.8 Å². The molecule has 1 aliphatic rings. The predicted octanol–water partition coefficient (Wildman–Crippen LogP) is 5.56. The fourth-order valence-corrected chi connectivity index (χ4v) is 3.35. The molecule has 0 amide bonds. The van der Waals surface area contributed by atoms with Crippen molar-refractivity contribution in [3.05, 3.63) is 39.4 Å². The average molecular weight is 405 g/mol. The largest absolute Gasteiger partial charge is 0.416 e. The van der Waals surface area contributed by atoms with Crippen LogP contribution in [0.4, 0.5) is 13.2 Å². The summed E-state index contributed by atoms with van der Waals surface area (Å²) in [5, 5.41) is 3.88. The van der Waals surface area contributed by atoms with Crippen LogP contribution in [0.1, 0.15) is 29.6 Å². The Morgan fingerprint density at radius 3 is 2.17 bits per heavy atom. The Balaban J connectivity index is 2.06. The first-order valence-electron chi connectivity index (χ1n) is 6.38. The highest BCUT2D eigenvalue weighted by Gasteiger charge is 2.55. The van der Waals surface area contributed by atoms with E-state index in [9.17, 15) is 13.2 Å². The molecular formula is C13H8Cl4F3N3. The van der Waals surface area contributed by atoms with Gasteiger partial charge in [-0.05, 0) is 25.5 Å². The van der Waals surface area contributed by atoms with E-state index in [0.29, 0.717) is 18.1 Å². The second kappa shape index (κ2) is 5.41. The number of aromatic nitrogens is 3. The molecule has 1 heterocycles. The summed E-state index contributed by atoms with van der Waals surface area (Å²) in [4.78, 5) is 4.24. The van der Waals surface area contributed by atoms with Crippen molar-refractivity contribution in [2.24, 2.45) is 0 Å². The molecule has 23 heavy (non-hydrogen) atoms. The van der Waals surface area contributed by atoms with Gasteiger partial charge in [0, 0.05) is 0 Å². The quantitative estimate of drug-likeness (QED) is 0.613. The minimum absolute atomic E-state index is 0.132. The first-order valence-corrected chi connectivity index (χ1v) is 7.90.